The fourth-order valence-electron chi connectivity index (χ4n) is 3.50. The molecular weight excluding hydrogens is 493 g/mol. The lowest BCUT2D eigenvalue weighted by Gasteiger charge is -2.34. The fourth-order valence-corrected chi connectivity index (χ4v) is 4.37. The highest BCUT2D eigenvalue weighted by Gasteiger charge is 2.21. The summed E-state index contributed by atoms with van der Waals surface area (Å²) in [4.78, 5) is 13.2. The predicted molar refractivity (Wildman–Crippen MR) is 136 cm³/mol. The maximum absolute atomic E-state index is 4.85. The van der Waals surface area contributed by atoms with Gasteiger partial charge in [-0.05, 0) is 62.1 Å². The molecule has 0 saturated carbocycles. The van der Waals surface area contributed by atoms with Gasteiger partial charge in [0.1, 0.15) is 5.82 Å². The lowest BCUT2D eigenvalue weighted by molar-refractivity contribution is 0.458. The van der Waals surface area contributed by atoms with Crippen molar-refractivity contribution in [3.05, 3.63) is 46.3 Å². The number of halogens is 1. The summed E-state index contributed by atoms with van der Waals surface area (Å²) in [5.41, 5.74) is 1.21. The summed E-state index contributed by atoms with van der Waals surface area (Å²) < 4.78 is 0. The molecule has 2 aromatic rings. The second-order valence-electron chi connectivity index (χ2n) is 7.71. The van der Waals surface area contributed by atoms with Gasteiger partial charge in [0.15, 0.2) is 5.96 Å². The van der Waals surface area contributed by atoms with Crippen molar-refractivity contribution in [3.63, 3.8) is 0 Å². The van der Waals surface area contributed by atoms with Gasteiger partial charge < -0.3 is 15.5 Å². The van der Waals surface area contributed by atoms with Gasteiger partial charge in [0.2, 0.25) is 0 Å². The van der Waals surface area contributed by atoms with E-state index >= 15 is 0 Å². The van der Waals surface area contributed by atoms with Crippen molar-refractivity contribution in [2.45, 2.75) is 46.1 Å². The number of thiophene rings is 1. The number of aryl methyl sites for hydroxylation is 1. The van der Waals surface area contributed by atoms with E-state index in [1.807, 2.05) is 17.5 Å². The van der Waals surface area contributed by atoms with Crippen LogP contribution in [0.15, 0.2) is 40.8 Å². The Balaban J connectivity index is 0.00000300. The average molecular weight is 528 g/mol. The second-order valence-corrected chi connectivity index (χ2v) is 8.74. The number of pyridine rings is 1. The molecule has 1 atom stereocenters. The molecule has 0 aliphatic carbocycles. The molecule has 1 aliphatic rings. The minimum Gasteiger partial charge on any atom is -0.357 e. The quantitative estimate of drug-likeness (QED) is 0.317. The van der Waals surface area contributed by atoms with Crippen LogP contribution in [0.1, 0.15) is 37.1 Å². The van der Waals surface area contributed by atoms with Crippen molar-refractivity contribution in [1.82, 2.24) is 15.6 Å². The van der Waals surface area contributed by atoms with E-state index in [2.05, 4.69) is 70.9 Å². The summed E-state index contributed by atoms with van der Waals surface area (Å²) in [5.74, 6) is 2.59. The molecule has 1 unspecified atom stereocenters. The molecule has 1 saturated heterocycles. The normalized spacial score (nSPS) is 16.2. The molecule has 0 spiro atoms. The number of guanidine groups is 1. The van der Waals surface area contributed by atoms with Gasteiger partial charge in [0.25, 0.3) is 0 Å². The number of hydrogen-bond acceptors (Lipinski definition) is 4. The topological polar surface area (TPSA) is 52.6 Å². The van der Waals surface area contributed by atoms with E-state index in [0.29, 0.717) is 12.0 Å². The van der Waals surface area contributed by atoms with E-state index in [1.54, 1.807) is 0 Å². The van der Waals surface area contributed by atoms with Crippen molar-refractivity contribution in [2.75, 3.05) is 31.1 Å². The SMILES string of the molecule is CCNC(=NCC(C)Cc1cccs1)NC1CCN(c2ccc(C)cn2)CC1.I. The number of nitrogens with one attached hydrogen (secondary N) is 2. The monoisotopic (exact) mass is 527 g/mol. The first-order valence-electron chi connectivity index (χ1n) is 10.4. The third-order valence-corrected chi connectivity index (χ3v) is 5.99. The van der Waals surface area contributed by atoms with Gasteiger partial charge in [-0.3, -0.25) is 4.99 Å². The predicted octanol–water partition coefficient (Wildman–Crippen LogP) is 4.47. The number of rotatable bonds is 7. The average Bonchev–Trinajstić information content (AvgIpc) is 3.20. The van der Waals surface area contributed by atoms with Gasteiger partial charge in [-0.25, -0.2) is 4.98 Å². The molecule has 1 aliphatic heterocycles. The highest BCUT2D eigenvalue weighted by Crippen LogP contribution is 2.18. The standard InChI is InChI=1S/C22H33N5S.HI/c1-4-23-22(25-16-18(3)14-20-6-5-13-28-20)26-19-9-11-27(12-10-19)21-8-7-17(2)15-24-21;/h5-8,13,15,18-19H,4,9-12,14,16H2,1-3H3,(H2,23,25,26);1H. The Kier molecular flexibility index (Phi) is 10.2. The van der Waals surface area contributed by atoms with Crippen molar-refractivity contribution < 1.29 is 0 Å². The van der Waals surface area contributed by atoms with Crippen molar-refractivity contribution in [2.24, 2.45) is 10.9 Å². The fraction of sp³-hybridized carbons (Fsp3) is 0.545. The molecule has 160 valence electrons. The van der Waals surface area contributed by atoms with E-state index in [0.717, 1.165) is 57.2 Å². The summed E-state index contributed by atoms with van der Waals surface area (Å²) >= 11 is 1.83. The molecule has 3 heterocycles. The Morgan fingerprint density at radius 2 is 2.10 bits per heavy atom. The number of nitrogens with zero attached hydrogens (tertiary/aromatic N) is 3. The van der Waals surface area contributed by atoms with Crippen LogP contribution in [0.3, 0.4) is 0 Å². The number of aliphatic imine (C=N–C) groups is 1. The van der Waals surface area contributed by atoms with Gasteiger partial charge in [-0.15, -0.1) is 35.3 Å². The van der Waals surface area contributed by atoms with E-state index in [9.17, 15) is 0 Å². The first kappa shape index (κ1) is 23.9. The van der Waals surface area contributed by atoms with Crippen molar-refractivity contribution in [1.29, 1.82) is 0 Å². The molecule has 0 aromatic carbocycles. The molecule has 0 bridgehead atoms. The van der Waals surface area contributed by atoms with Crippen LogP contribution in [0.5, 0.6) is 0 Å². The summed E-state index contributed by atoms with van der Waals surface area (Å²) in [7, 11) is 0. The molecule has 1 fully saturated rings. The summed E-state index contributed by atoms with van der Waals surface area (Å²) in [5, 5.41) is 9.20. The first-order valence-corrected chi connectivity index (χ1v) is 11.3. The third-order valence-electron chi connectivity index (χ3n) is 5.09. The minimum absolute atomic E-state index is 0. The van der Waals surface area contributed by atoms with Gasteiger partial charge in [0.05, 0.1) is 0 Å². The molecule has 5 nitrogen and oxygen atoms in total. The highest BCUT2D eigenvalue weighted by molar-refractivity contribution is 14.0. The Bertz CT molecular complexity index is 724. The number of aromatic nitrogens is 1. The lowest BCUT2D eigenvalue weighted by Crippen LogP contribution is -2.49. The first-order chi connectivity index (χ1) is 13.6. The van der Waals surface area contributed by atoms with Crippen molar-refractivity contribution >= 4 is 47.1 Å². The number of anilines is 1. The van der Waals surface area contributed by atoms with Crippen LogP contribution in [-0.2, 0) is 6.42 Å². The van der Waals surface area contributed by atoms with Gasteiger partial charge in [0, 0.05) is 43.3 Å². The van der Waals surface area contributed by atoms with Crippen LogP contribution < -0.4 is 15.5 Å². The lowest BCUT2D eigenvalue weighted by atomic mass is 10.1. The van der Waals surface area contributed by atoms with Crippen LogP contribution in [-0.4, -0.2) is 43.2 Å². The Labute approximate surface area is 196 Å². The molecule has 7 heteroatoms. The molecule has 3 rings (SSSR count). The van der Waals surface area contributed by atoms with Gasteiger partial charge in [-0.2, -0.15) is 0 Å². The number of piperidine rings is 1. The van der Waals surface area contributed by atoms with E-state index in [4.69, 9.17) is 4.99 Å². The van der Waals surface area contributed by atoms with Crippen LogP contribution in [0.25, 0.3) is 0 Å². The maximum Gasteiger partial charge on any atom is 0.191 e. The Hall–Kier alpha value is -1.35. The van der Waals surface area contributed by atoms with Crippen LogP contribution in [0.2, 0.25) is 0 Å². The van der Waals surface area contributed by atoms with E-state index in [1.165, 1.54) is 10.4 Å². The van der Waals surface area contributed by atoms with Gasteiger partial charge >= 0.3 is 0 Å². The van der Waals surface area contributed by atoms with E-state index < -0.39 is 0 Å². The third kappa shape index (κ3) is 7.77. The minimum atomic E-state index is 0. The molecular formula is C22H34IN5S. The summed E-state index contributed by atoms with van der Waals surface area (Å²) in [6.45, 7) is 10.3. The smallest absolute Gasteiger partial charge is 0.191 e. The van der Waals surface area contributed by atoms with Crippen LogP contribution >= 0.6 is 35.3 Å². The van der Waals surface area contributed by atoms with Crippen molar-refractivity contribution in [3.8, 4) is 0 Å². The second kappa shape index (κ2) is 12.4. The largest absolute Gasteiger partial charge is 0.357 e. The molecule has 29 heavy (non-hydrogen) atoms. The zero-order valence-electron chi connectivity index (χ0n) is 17.7. The summed E-state index contributed by atoms with van der Waals surface area (Å²) in [6.07, 6.45) is 5.25. The Morgan fingerprint density at radius 3 is 2.72 bits per heavy atom. The van der Waals surface area contributed by atoms with Gasteiger partial charge in [-0.1, -0.05) is 19.1 Å². The zero-order valence-corrected chi connectivity index (χ0v) is 20.9. The molecule has 2 N–H and O–H groups in total. The highest BCUT2D eigenvalue weighted by atomic mass is 127. The molecule has 0 amide bonds. The Morgan fingerprint density at radius 1 is 1.31 bits per heavy atom. The maximum atomic E-state index is 4.85. The molecule has 0 radical (unpaired) electrons. The summed E-state index contributed by atoms with van der Waals surface area (Å²) in [6, 6.07) is 9.07. The van der Waals surface area contributed by atoms with Crippen LogP contribution in [0, 0.1) is 12.8 Å². The zero-order chi connectivity index (χ0) is 19.8. The van der Waals surface area contributed by atoms with Crippen LogP contribution in [0.4, 0.5) is 5.82 Å². The number of hydrogen-bond donors (Lipinski definition) is 2. The van der Waals surface area contributed by atoms with E-state index in [-0.39, 0.29) is 24.0 Å². The molecule has 2 aromatic heterocycles.